The highest BCUT2D eigenvalue weighted by Crippen LogP contribution is 2.25. The predicted molar refractivity (Wildman–Crippen MR) is 118 cm³/mol. The van der Waals surface area contributed by atoms with Crippen molar-refractivity contribution in [2.75, 3.05) is 57.4 Å². The number of β-amino-alcohol motifs (C(OH)–C–C–N with tert-alkyl or cyclic N) is 1. The van der Waals surface area contributed by atoms with Crippen LogP contribution in [-0.4, -0.2) is 68.7 Å². The van der Waals surface area contributed by atoms with Gasteiger partial charge in [-0.15, -0.1) is 0 Å². The standard InChI is InChI=1S/C24H33FN2O3/c1-19(2)21-7-3-6-10-24(21)30-16-15-29-18-20(28)17-26-11-13-27(14-12-26)23-9-5-4-8-22(23)25/h3-10,19-20,28H,11-18H2,1-2H3/t20-/m1/s1. The number of nitrogens with zero attached hydrogens (tertiary/aromatic N) is 2. The molecule has 1 heterocycles. The molecule has 1 atom stereocenters. The minimum absolute atomic E-state index is 0.183. The second kappa shape index (κ2) is 11.3. The number of halogens is 1. The quantitative estimate of drug-likeness (QED) is 0.601. The first-order valence-electron chi connectivity index (χ1n) is 10.7. The lowest BCUT2D eigenvalue weighted by molar-refractivity contribution is 0.00708. The summed E-state index contributed by atoms with van der Waals surface area (Å²) < 4.78 is 25.4. The Morgan fingerprint density at radius 2 is 1.67 bits per heavy atom. The second-order valence-corrected chi connectivity index (χ2v) is 8.01. The Morgan fingerprint density at radius 3 is 2.40 bits per heavy atom. The maximum absolute atomic E-state index is 13.9. The maximum atomic E-state index is 13.9. The molecule has 0 unspecified atom stereocenters. The molecular weight excluding hydrogens is 383 g/mol. The van der Waals surface area contributed by atoms with E-state index < -0.39 is 6.10 Å². The van der Waals surface area contributed by atoms with Crippen LogP contribution in [0, 0.1) is 5.82 Å². The Balaban J connectivity index is 1.31. The number of aliphatic hydroxyl groups excluding tert-OH is 1. The molecule has 0 saturated carbocycles. The molecule has 2 aromatic rings. The van der Waals surface area contributed by atoms with Crippen molar-refractivity contribution >= 4 is 5.69 Å². The van der Waals surface area contributed by atoms with E-state index in [4.69, 9.17) is 9.47 Å². The van der Waals surface area contributed by atoms with Gasteiger partial charge in [-0.2, -0.15) is 0 Å². The fraction of sp³-hybridized carbons (Fsp3) is 0.500. The number of piperazine rings is 1. The fourth-order valence-electron chi connectivity index (χ4n) is 3.75. The lowest BCUT2D eigenvalue weighted by Gasteiger charge is -2.36. The third-order valence-electron chi connectivity index (χ3n) is 5.37. The van der Waals surface area contributed by atoms with E-state index in [1.54, 1.807) is 6.07 Å². The molecule has 1 fully saturated rings. The molecular formula is C24H33FN2O3. The van der Waals surface area contributed by atoms with Gasteiger partial charge in [0.1, 0.15) is 18.2 Å². The number of aliphatic hydroxyl groups is 1. The van der Waals surface area contributed by atoms with Crippen molar-refractivity contribution in [3.63, 3.8) is 0 Å². The first kappa shape index (κ1) is 22.5. The third kappa shape index (κ3) is 6.42. The zero-order valence-corrected chi connectivity index (χ0v) is 18.0. The molecule has 164 valence electrons. The number of hydrogen-bond donors (Lipinski definition) is 1. The Morgan fingerprint density at radius 1 is 0.967 bits per heavy atom. The van der Waals surface area contributed by atoms with E-state index in [1.807, 2.05) is 30.3 Å². The van der Waals surface area contributed by atoms with Gasteiger partial charge in [0.2, 0.25) is 0 Å². The highest BCUT2D eigenvalue weighted by Gasteiger charge is 2.21. The van der Waals surface area contributed by atoms with Gasteiger partial charge in [-0.3, -0.25) is 4.90 Å². The second-order valence-electron chi connectivity index (χ2n) is 8.01. The minimum Gasteiger partial charge on any atom is -0.491 e. The van der Waals surface area contributed by atoms with Crippen molar-refractivity contribution in [2.45, 2.75) is 25.9 Å². The van der Waals surface area contributed by atoms with Crippen LogP contribution in [0.5, 0.6) is 5.75 Å². The summed E-state index contributed by atoms with van der Waals surface area (Å²) in [5.41, 5.74) is 1.84. The van der Waals surface area contributed by atoms with E-state index in [2.05, 4.69) is 29.7 Å². The SMILES string of the molecule is CC(C)c1ccccc1OCCOC[C@H](O)CN1CCN(c2ccccc2F)CC1. The molecule has 3 rings (SSSR count). The van der Waals surface area contributed by atoms with Crippen LogP contribution in [0.4, 0.5) is 10.1 Å². The van der Waals surface area contributed by atoms with Gasteiger partial charge >= 0.3 is 0 Å². The molecule has 2 aromatic carbocycles. The van der Waals surface area contributed by atoms with Crippen LogP contribution in [-0.2, 0) is 4.74 Å². The summed E-state index contributed by atoms with van der Waals surface area (Å²) in [5, 5.41) is 10.3. The van der Waals surface area contributed by atoms with Gasteiger partial charge in [-0.25, -0.2) is 4.39 Å². The highest BCUT2D eigenvalue weighted by molar-refractivity contribution is 5.48. The van der Waals surface area contributed by atoms with Crippen molar-refractivity contribution in [3.8, 4) is 5.75 Å². The van der Waals surface area contributed by atoms with Crippen LogP contribution >= 0.6 is 0 Å². The molecule has 0 bridgehead atoms. The van der Waals surface area contributed by atoms with E-state index in [0.717, 1.165) is 31.9 Å². The summed E-state index contributed by atoms with van der Waals surface area (Å²) in [5.74, 6) is 1.12. The number of ether oxygens (including phenoxy) is 2. The zero-order valence-electron chi connectivity index (χ0n) is 18.0. The average molecular weight is 417 g/mol. The van der Waals surface area contributed by atoms with Gasteiger partial charge in [0, 0.05) is 32.7 Å². The Bertz CT molecular complexity index is 779. The fourth-order valence-corrected chi connectivity index (χ4v) is 3.75. The third-order valence-corrected chi connectivity index (χ3v) is 5.37. The highest BCUT2D eigenvalue weighted by atomic mass is 19.1. The average Bonchev–Trinajstić information content (AvgIpc) is 2.75. The van der Waals surface area contributed by atoms with Gasteiger partial charge in [0.25, 0.3) is 0 Å². The van der Waals surface area contributed by atoms with Crippen molar-refractivity contribution in [3.05, 3.63) is 59.9 Å². The molecule has 0 aliphatic carbocycles. The van der Waals surface area contributed by atoms with E-state index in [9.17, 15) is 9.50 Å². The van der Waals surface area contributed by atoms with Gasteiger partial charge in [0.05, 0.1) is 25.0 Å². The van der Waals surface area contributed by atoms with Gasteiger partial charge in [-0.05, 0) is 29.7 Å². The molecule has 1 aliphatic heterocycles. The lowest BCUT2D eigenvalue weighted by Crippen LogP contribution is -2.49. The number of rotatable bonds is 10. The summed E-state index contributed by atoms with van der Waals surface area (Å²) in [6.45, 7) is 9.10. The topological polar surface area (TPSA) is 45.2 Å². The molecule has 0 amide bonds. The Kier molecular flexibility index (Phi) is 8.49. The first-order chi connectivity index (χ1) is 14.5. The first-order valence-corrected chi connectivity index (χ1v) is 10.7. The van der Waals surface area contributed by atoms with Gasteiger partial charge < -0.3 is 19.5 Å². The van der Waals surface area contributed by atoms with Gasteiger partial charge in [0.15, 0.2) is 0 Å². The summed E-state index contributed by atoms with van der Waals surface area (Å²) >= 11 is 0. The minimum atomic E-state index is -0.548. The smallest absolute Gasteiger partial charge is 0.146 e. The monoisotopic (exact) mass is 416 g/mol. The number of para-hydroxylation sites is 2. The van der Waals surface area contributed by atoms with E-state index in [1.165, 1.54) is 11.6 Å². The molecule has 6 heteroatoms. The van der Waals surface area contributed by atoms with E-state index in [-0.39, 0.29) is 12.4 Å². The molecule has 0 aromatic heterocycles. The number of anilines is 1. The Hall–Kier alpha value is -2.15. The van der Waals surface area contributed by atoms with Crippen LogP contribution < -0.4 is 9.64 Å². The largest absolute Gasteiger partial charge is 0.491 e. The molecule has 1 saturated heterocycles. The summed E-state index contributed by atoms with van der Waals surface area (Å²) in [6, 6.07) is 14.9. The predicted octanol–water partition coefficient (Wildman–Crippen LogP) is 3.53. The van der Waals surface area contributed by atoms with E-state index >= 15 is 0 Å². The van der Waals surface area contributed by atoms with Crippen LogP contribution in [0.15, 0.2) is 48.5 Å². The van der Waals surface area contributed by atoms with Crippen LogP contribution in [0.1, 0.15) is 25.3 Å². The molecule has 0 radical (unpaired) electrons. The van der Waals surface area contributed by atoms with Crippen molar-refractivity contribution in [1.82, 2.24) is 4.90 Å². The summed E-state index contributed by atoms with van der Waals surface area (Å²) in [7, 11) is 0. The molecule has 30 heavy (non-hydrogen) atoms. The lowest BCUT2D eigenvalue weighted by atomic mass is 10.0. The van der Waals surface area contributed by atoms with Crippen LogP contribution in [0.2, 0.25) is 0 Å². The number of hydrogen-bond acceptors (Lipinski definition) is 5. The maximum Gasteiger partial charge on any atom is 0.146 e. The Labute approximate surface area is 179 Å². The summed E-state index contributed by atoms with van der Waals surface area (Å²) in [6.07, 6.45) is -0.548. The van der Waals surface area contributed by atoms with Crippen molar-refractivity contribution < 1.29 is 19.0 Å². The molecule has 1 N–H and O–H groups in total. The number of benzene rings is 2. The molecule has 0 spiro atoms. The molecule has 5 nitrogen and oxygen atoms in total. The van der Waals surface area contributed by atoms with Gasteiger partial charge in [-0.1, -0.05) is 44.2 Å². The normalized spacial score (nSPS) is 16.1. The summed E-state index contributed by atoms with van der Waals surface area (Å²) in [4.78, 5) is 4.25. The van der Waals surface area contributed by atoms with Crippen LogP contribution in [0.25, 0.3) is 0 Å². The van der Waals surface area contributed by atoms with Crippen molar-refractivity contribution in [2.24, 2.45) is 0 Å². The van der Waals surface area contributed by atoms with E-state index in [0.29, 0.717) is 31.4 Å². The molecule has 1 aliphatic rings. The van der Waals surface area contributed by atoms with Crippen LogP contribution in [0.3, 0.4) is 0 Å². The van der Waals surface area contributed by atoms with Crippen molar-refractivity contribution in [1.29, 1.82) is 0 Å². The zero-order chi connectivity index (χ0) is 21.3.